The van der Waals surface area contributed by atoms with Gasteiger partial charge in [-0.3, -0.25) is 0 Å². The first-order valence-electron chi connectivity index (χ1n) is 16.8. The molecule has 0 fully saturated rings. The molecule has 0 saturated carbocycles. The van der Waals surface area contributed by atoms with Gasteiger partial charge in [0, 0.05) is 37.7 Å². The highest BCUT2D eigenvalue weighted by Crippen LogP contribution is 2.44. The summed E-state index contributed by atoms with van der Waals surface area (Å²) in [5.74, 6) is 0.732. The number of nitrogens with zero attached hydrogens (tertiary/aromatic N) is 3. The summed E-state index contributed by atoms with van der Waals surface area (Å²) in [5, 5.41) is 3.65. The monoisotopic (exact) mass is 655 g/mol. The van der Waals surface area contributed by atoms with Gasteiger partial charge in [0.05, 0.1) is 26.9 Å². The van der Waals surface area contributed by atoms with Crippen LogP contribution in [0.4, 0.5) is 0 Å². The molecule has 0 saturated heterocycles. The molecule has 234 valence electrons. The van der Waals surface area contributed by atoms with E-state index in [1.807, 2.05) is 18.2 Å². The molecule has 0 aliphatic heterocycles. The lowest BCUT2D eigenvalue weighted by atomic mass is 9.95. The molecular weight excluding hydrogens is 627 g/mol. The van der Waals surface area contributed by atoms with Crippen LogP contribution in [0.15, 0.2) is 176 Å². The van der Waals surface area contributed by atoms with Crippen molar-refractivity contribution in [3.63, 3.8) is 0 Å². The molecule has 3 heterocycles. The van der Waals surface area contributed by atoms with Crippen LogP contribution in [0.3, 0.4) is 0 Å². The van der Waals surface area contributed by atoms with E-state index in [2.05, 4.69) is 162 Å². The number of hydrogen-bond acceptors (Lipinski definition) is 3. The van der Waals surface area contributed by atoms with Gasteiger partial charge in [0.25, 0.3) is 0 Å². The van der Waals surface area contributed by atoms with Crippen molar-refractivity contribution in [2.75, 3.05) is 0 Å². The van der Waals surface area contributed by atoms with Gasteiger partial charge in [0.15, 0.2) is 5.82 Å². The molecule has 0 aliphatic rings. The lowest BCUT2D eigenvalue weighted by molar-refractivity contribution is 1.18. The summed E-state index contributed by atoms with van der Waals surface area (Å²) in [6.07, 6.45) is 0. The number of thiophene rings is 1. The maximum Gasteiger partial charge on any atom is 0.160 e. The van der Waals surface area contributed by atoms with Crippen LogP contribution in [0.1, 0.15) is 0 Å². The Hall–Kier alpha value is -6.36. The van der Waals surface area contributed by atoms with Gasteiger partial charge in [0.2, 0.25) is 0 Å². The van der Waals surface area contributed by atoms with Gasteiger partial charge in [-0.05, 0) is 58.7 Å². The molecule has 0 atom stereocenters. The largest absolute Gasteiger partial charge is 0.309 e. The van der Waals surface area contributed by atoms with E-state index in [1.165, 1.54) is 37.6 Å². The lowest BCUT2D eigenvalue weighted by Crippen LogP contribution is -1.96. The molecule has 10 aromatic rings. The fraction of sp³-hybridized carbons (Fsp3) is 0. The van der Waals surface area contributed by atoms with Gasteiger partial charge in [0.1, 0.15) is 0 Å². The van der Waals surface area contributed by atoms with E-state index in [-0.39, 0.29) is 0 Å². The SMILES string of the molecule is c1ccc(-c2cc(-c3cccc4sc5c(-c6ccccc6)nc(-c6ccccc6)nc5c34)cc(-n3c4ccccc4c4ccccc43)c2)cc1. The fourth-order valence-corrected chi connectivity index (χ4v) is 8.51. The van der Waals surface area contributed by atoms with Crippen LogP contribution in [0.25, 0.3) is 92.7 Å². The normalized spacial score (nSPS) is 11.6. The molecule has 0 unspecified atom stereocenters. The Morgan fingerprint density at radius 2 is 1.02 bits per heavy atom. The van der Waals surface area contributed by atoms with E-state index in [0.717, 1.165) is 55.1 Å². The Bertz CT molecular complexity index is 2800. The van der Waals surface area contributed by atoms with Crippen molar-refractivity contribution in [3.05, 3.63) is 176 Å². The molecule has 0 aliphatic carbocycles. The summed E-state index contributed by atoms with van der Waals surface area (Å²) in [6, 6.07) is 62.6. The smallest absolute Gasteiger partial charge is 0.160 e. The molecule has 0 N–H and O–H groups in total. The van der Waals surface area contributed by atoms with Crippen LogP contribution in [-0.2, 0) is 0 Å². The summed E-state index contributed by atoms with van der Waals surface area (Å²) in [6.45, 7) is 0. The van der Waals surface area contributed by atoms with Gasteiger partial charge in [-0.2, -0.15) is 0 Å². The zero-order valence-corrected chi connectivity index (χ0v) is 27.8. The van der Waals surface area contributed by atoms with Crippen molar-refractivity contribution in [1.29, 1.82) is 0 Å². The maximum atomic E-state index is 5.33. The second-order valence-corrected chi connectivity index (χ2v) is 13.6. The topological polar surface area (TPSA) is 30.7 Å². The van der Waals surface area contributed by atoms with Crippen LogP contribution in [0, 0.1) is 0 Å². The molecule has 7 aromatic carbocycles. The van der Waals surface area contributed by atoms with Crippen molar-refractivity contribution >= 4 is 53.4 Å². The molecule has 0 spiro atoms. The van der Waals surface area contributed by atoms with Gasteiger partial charge in [-0.15, -0.1) is 11.3 Å². The highest BCUT2D eigenvalue weighted by Gasteiger charge is 2.20. The Morgan fingerprint density at radius 1 is 0.440 bits per heavy atom. The Kier molecular flexibility index (Phi) is 6.68. The minimum atomic E-state index is 0.732. The third-order valence-electron chi connectivity index (χ3n) is 9.59. The van der Waals surface area contributed by atoms with Crippen molar-refractivity contribution in [1.82, 2.24) is 14.5 Å². The standard InChI is InChI=1S/C46H29N3S/c1-4-15-30(16-5-1)33-27-34(29-35(28-33)49-39-24-12-10-21-37(39)38-22-11-13-25-40(38)49)36-23-14-26-41-42(36)44-45(50-41)43(31-17-6-2-7-18-31)47-46(48-44)32-19-8-3-9-20-32/h1-29H. The van der Waals surface area contributed by atoms with Crippen LogP contribution in [0.5, 0.6) is 0 Å². The zero-order valence-electron chi connectivity index (χ0n) is 27.0. The first kappa shape index (κ1) is 28.6. The van der Waals surface area contributed by atoms with Gasteiger partial charge < -0.3 is 4.57 Å². The predicted molar refractivity (Wildman–Crippen MR) is 211 cm³/mol. The number of hydrogen-bond donors (Lipinski definition) is 0. The summed E-state index contributed by atoms with van der Waals surface area (Å²) < 4.78 is 4.70. The second-order valence-electron chi connectivity index (χ2n) is 12.6. The average molecular weight is 656 g/mol. The second kappa shape index (κ2) is 11.7. The highest BCUT2D eigenvalue weighted by molar-refractivity contribution is 7.26. The summed E-state index contributed by atoms with van der Waals surface area (Å²) >= 11 is 1.77. The van der Waals surface area contributed by atoms with E-state index in [9.17, 15) is 0 Å². The third kappa shape index (κ3) is 4.65. The number of para-hydroxylation sites is 2. The fourth-order valence-electron chi connectivity index (χ4n) is 7.33. The van der Waals surface area contributed by atoms with Crippen molar-refractivity contribution < 1.29 is 0 Å². The first-order chi connectivity index (χ1) is 24.8. The Labute approximate surface area is 293 Å². The van der Waals surface area contributed by atoms with E-state index in [4.69, 9.17) is 9.97 Å². The molecule has 0 amide bonds. The number of rotatable bonds is 5. The molecule has 3 aromatic heterocycles. The summed E-state index contributed by atoms with van der Waals surface area (Å²) in [4.78, 5) is 10.5. The minimum absolute atomic E-state index is 0.732. The van der Waals surface area contributed by atoms with E-state index >= 15 is 0 Å². The van der Waals surface area contributed by atoms with Crippen molar-refractivity contribution in [3.8, 4) is 50.6 Å². The van der Waals surface area contributed by atoms with E-state index in [1.54, 1.807) is 11.3 Å². The molecular formula is C46H29N3S. The minimum Gasteiger partial charge on any atom is -0.309 e. The number of fused-ring (bicyclic) bond motifs is 6. The summed E-state index contributed by atoms with van der Waals surface area (Å²) in [7, 11) is 0. The first-order valence-corrected chi connectivity index (χ1v) is 17.7. The van der Waals surface area contributed by atoms with E-state index < -0.39 is 0 Å². The van der Waals surface area contributed by atoms with Crippen molar-refractivity contribution in [2.24, 2.45) is 0 Å². The van der Waals surface area contributed by atoms with Crippen LogP contribution >= 0.6 is 11.3 Å². The van der Waals surface area contributed by atoms with Crippen molar-refractivity contribution in [2.45, 2.75) is 0 Å². The van der Waals surface area contributed by atoms with E-state index in [0.29, 0.717) is 0 Å². The lowest BCUT2D eigenvalue weighted by Gasteiger charge is -2.15. The quantitative estimate of drug-likeness (QED) is 0.185. The third-order valence-corrected chi connectivity index (χ3v) is 10.7. The molecule has 4 heteroatoms. The average Bonchev–Trinajstić information content (AvgIpc) is 3.74. The van der Waals surface area contributed by atoms with Gasteiger partial charge in [-0.25, -0.2) is 9.97 Å². The van der Waals surface area contributed by atoms with Crippen LogP contribution < -0.4 is 0 Å². The maximum absolute atomic E-state index is 5.33. The summed E-state index contributed by atoms with van der Waals surface area (Å²) in [5.41, 5.74) is 12.2. The number of benzene rings is 7. The molecule has 0 radical (unpaired) electrons. The predicted octanol–water partition coefficient (Wildman–Crippen LogP) is 12.6. The Morgan fingerprint density at radius 3 is 1.70 bits per heavy atom. The van der Waals surface area contributed by atoms with Crippen LogP contribution in [0.2, 0.25) is 0 Å². The van der Waals surface area contributed by atoms with Gasteiger partial charge >= 0.3 is 0 Å². The molecule has 10 rings (SSSR count). The molecule has 3 nitrogen and oxygen atoms in total. The van der Waals surface area contributed by atoms with Gasteiger partial charge in [-0.1, -0.05) is 140 Å². The highest BCUT2D eigenvalue weighted by atomic mass is 32.1. The van der Waals surface area contributed by atoms with Crippen LogP contribution in [-0.4, -0.2) is 14.5 Å². The Balaban J connectivity index is 1.29. The molecule has 0 bridgehead atoms. The zero-order chi connectivity index (χ0) is 33.0. The molecule has 50 heavy (non-hydrogen) atoms. The number of aromatic nitrogens is 3.